The number of carbonyl (C=O) groups is 2. The molecule has 2 unspecified atom stereocenters. The summed E-state index contributed by atoms with van der Waals surface area (Å²) in [6.07, 6.45) is 0.104. The van der Waals surface area contributed by atoms with Crippen LogP contribution in [0.5, 0.6) is 0 Å². The summed E-state index contributed by atoms with van der Waals surface area (Å²) >= 11 is 1.41. The molecule has 25 heavy (non-hydrogen) atoms. The molecule has 1 fully saturated rings. The van der Waals surface area contributed by atoms with Gasteiger partial charge in [0.05, 0.1) is 17.6 Å². The highest BCUT2D eigenvalue weighted by Gasteiger charge is 2.66. The lowest BCUT2D eigenvalue weighted by molar-refractivity contribution is -0.194. The van der Waals surface area contributed by atoms with Crippen LogP contribution in [-0.4, -0.2) is 46.1 Å². The maximum atomic E-state index is 12.3. The van der Waals surface area contributed by atoms with Crippen molar-refractivity contribution >= 4 is 23.6 Å². The fourth-order valence-electron chi connectivity index (χ4n) is 3.26. The Balaban J connectivity index is 1.95. The maximum absolute atomic E-state index is 12.3. The largest absolute Gasteiger partial charge is 0.479 e. The van der Waals surface area contributed by atoms with Crippen molar-refractivity contribution in [3.63, 3.8) is 0 Å². The number of rotatable bonds is 8. The van der Waals surface area contributed by atoms with Crippen molar-refractivity contribution in [3.8, 4) is 0 Å². The molecule has 1 aliphatic rings. The number of amides is 1. The Labute approximate surface area is 151 Å². The van der Waals surface area contributed by atoms with Crippen LogP contribution in [0.15, 0.2) is 4.52 Å². The first kappa shape index (κ1) is 19.8. The predicted molar refractivity (Wildman–Crippen MR) is 94.5 cm³/mol. The number of carbonyl (C=O) groups excluding carboxylic acids is 1. The second-order valence-corrected chi connectivity index (χ2v) is 7.91. The third-order valence-electron chi connectivity index (χ3n) is 5.14. The molecule has 2 atom stereocenters. The fourth-order valence-corrected chi connectivity index (χ4v) is 4.24. The van der Waals surface area contributed by atoms with E-state index in [2.05, 4.69) is 10.5 Å². The van der Waals surface area contributed by atoms with Crippen LogP contribution in [0, 0.1) is 19.3 Å². The van der Waals surface area contributed by atoms with Crippen LogP contribution in [0.3, 0.4) is 0 Å². The smallest absolute Gasteiger partial charge is 0.330 e. The predicted octanol–water partition coefficient (Wildman–Crippen LogP) is 2.30. The summed E-state index contributed by atoms with van der Waals surface area (Å²) in [5.74, 6) is 0.209. The minimum absolute atomic E-state index is 0.175. The van der Waals surface area contributed by atoms with E-state index in [1.165, 1.54) is 11.8 Å². The Kier molecular flexibility index (Phi) is 5.83. The van der Waals surface area contributed by atoms with Crippen LogP contribution in [0.4, 0.5) is 0 Å². The molecule has 0 bridgehead atoms. The Morgan fingerprint density at radius 1 is 1.44 bits per heavy atom. The second kappa shape index (κ2) is 7.37. The Morgan fingerprint density at radius 2 is 2.12 bits per heavy atom. The van der Waals surface area contributed by atoms with Gasteiger partial charge in [0.25, 0.3) is 0 Å². The van der Waals surface area contributed by atoms with Gasteiger partial charge in [0.15, 0.2) is 0 Å². The lowest BCUT2D eigenvalue weighted by Crippen LogP contribution is -2.76. The zero-order chi connectivity index (χ0) is 18.8. The molecule has 140 valence electrons. The van der Waals surface area contributed by atoms with Gasteiger partial charge in [-0.05, 0) is 20.8 Å². The molecule has 1 aliphatic carbocycles. The van der Waals surface area contributed by atoms with Crippen LogP contribution in [0.25, 0.3) is 0 Å². The number of carboxylic acid groups (broad SMARTS) is 1. The van der Waals surface area contributed by atoms with Crippen LogP contribution >= 0.6 is 11.8 Å². The molecule has 1 aromatic rings. The third-order valence-corrected chi connectivity index (χ3v) is 6.10. The number of aryl methyl sites for hydroxylation is 2. The highest BCUT2D eigenvalue weighted by Crippen LogP contribution is 2.51. The van der Waals surface area contributed by atoms with Gasteiger partial charge in [-0.25, -0.2) is 4.79 Å². The normalized spacial score (nSPS) is 24.6. The molecule has 7 nitrogen and oxygen atoms in total. The van der Waals surface area contributed by atoms with Gasteiger partial charge < -0.3 is 19.7 Å². The molecule has 2 rings (SSSR count). The number of aliphatic carboxylic acids is 1. The van der Waals surface area contributed by atoms with E-state index in [1.54, 1.807) is 0 Å². The fraction of sp³-hybridized carbons (Fsp3) is 0.706. The molecule has 1 amide bonds. The zero-order valence-electron chi connectivity index (χ0n) is 15.3. The first-order chi connectivity index (χ1) is 11.7. The van der Waals surface area contributed by atoms with Crippen molar-refractivity contribution < 1.29 is 24.0 Å². The number of carboxylic acids is 1. The maximum Gasteiger partial charge on any atom is 0.330 e. The van der Waals surface area contributed by atoms with E-state index in [1.807, 2.05) is 34.6 Å². The topological polar surface area (TPSA) is 102 Å². The summed E-state index contributed by atoms with van der Waals surface area (Å²) in [6, 6.07) is 0. The van der Waals surface area contributed by atoms with Crippen molar-refractivity contribution in [2.45, 2.75) is 58.4 Å². The van der Waals surface area contributed by atoms with Crippen LogP contribution < -0.4 is 5.32 Å². The number of nitrogens with zero attached hydrogens (tertiary/aromatic N) is 1. The molecule has 8 heteroatoms. The Bertz CT molecular complexity index is 638. The van der Waals surface area contributed by atoms with Gasteiger partial charge in [0, 0.05) is 29.8 Å². The molecule has 0 aliphatic heterocycles. The molecule has 1 heterocycles. The number of hydrogen-bond acceptors (Lipinski definition) is 6. The molecular weight excluding hydrogens is 344 g/mol. The summed E-state index contributed by atoms with van der Waals surface area (Å²) in [7, 11) is 0. The monoisotopic (exact) mass is 370 g/mol. The van der Waals surface area contributed by atoms with E-state index in [0.717, 1.165) is 17.0 Å². The summed E-state index contributed by atoms with van der Waals surface area (Å²) in [4.78, 5) is 24.2. The van der Waals surface area contributed by atoms with Gasteiger partial charge in [-0.2, -0.15) is 0 Å². The van der Waals surface area contributed by atoms with E-state index in [4.69, 9.17) is 9.26 Å². The van der Waals surface area contributed by atoms with Crippen LogP contribution in [0.1, 0.15) is 44.2 Å². The first-order valence-electron chi connectivity index (χ1n) is 8.31. The average Bonchev–Trinajstić information content (AvgIpc) is 2.85. The van der Waals surface area contributed by atoms with Gasteiger partial charge in [-0.3, -0.25) is 4.79 Å². The molecular formula is C17H26N2O5S. The number of ether oxygens (including phenoxy) is 1. The minimum atomic E-state index is -1.28. The van der Waals surface area contributed by atoms with Gasteiger partial charge in [0.1, 0.15) is 11.3 Å². The van der Waals surface area contributed by atoms with E-state index in [-0.39, 0.29) is 24.2 Å². The lowest BCUT2D eigenvalue weighted by atomic mass is 9.54. The van der Waals surface area contributed by atoms with Gasteiger partial charge in [0.2, 0.25) is 5.91 Å². The van der Waals surface area contributed by atoms with Crippen molar-refractivity contribution in [1.82, 2.24) is 10.5 Å². The molecule has 1 saturated carbocycles. The quantitative estimate of drug-likeness (QED) is 0.724. The first-order valence-corrected chi connectivity index (χ1v) is 9.46. The average molecular weight is 370 g/mol. The van der Waals surface area contributed by atoms with Crippen molar-refractivity contribution in [2.24, 2.45) is 5.41 Å². The van der Waals surface area contributed by atoms with Crippen LogP contribution in [-0.2, 0) is 20.1 Å². The third kappa shape index (κ3) is 3.55. The van der Waals surface area contributed by atoms with Crippen LogP contribution in [0.2, 0.25) is 0 Å². The number of nitrogens with one attached hydrogen (secondary N) is 1. The Hall–Kier alpha value is -1.54. The van der Waals surface area contributed by atoms with Crippen molar-refractivity contribution in [2.75, 3.05) is 12.4 Å². The minimum Gasteiger partial charge on any atom is -0.479 e. The molecule has 0 saturated heterocycles. The zero-order valence-corrected chi connectivity index (χ0v) is 16.2. The van der Waals surface area contributed by atoms with E-state index < -0.39 is 16.9 Å². The molecule has 0 spiro atoms. The van der Waals surface area contributed by atoms with Gasteiger partial charge >= 0.3 is 5.97 Å². The second-order valence-electron chi connectivity index (χ2n) is 6.92. The molecule has 0 aromatic carbocycles. The summed E-state index contributed by atoms with van der Waals surface area (Å²) in [5, 5.41) is 16.3. The number of thioether (sulfide) groups is 1. The highest BCUT2D eigenvalue weighted by atomic mass is 32.2. The molecule has 0 radical (unpaired) electrons. The molecule has 2 N–H and O–H groups in total. The summed E-state index contributed by atoms with van der Waals surface area (Å²) < 4.78 is 10.7. The highest BCUT2D eigenvalue weighted by molar-refractivity contribution is 7.99. The Morgan fingerprint density at radius 3 is 2.60 bits per heavy atom. The van der Waals surface area contributed by atoms with E-state index in [9.17, 15) is 14.7 Å². The number of aromatic nitrogens is 1. The standard InChI is InChI=1S/C17H26N2O5S/c1-6-23-13-7-17(15(21)22,16(13,4)5)18-14(20)9-25-8-12-10(2)19-24-11(12)3/h13H,6-9H2,1-5H3,(H,18,20)(H,21,22). The van der Waals surface area contributed by atoms with Crippen molar-refractivity contribution in [3.05, 3.63) is 17.0 Å². The SMILES string of the molecule is CCOC1CC(NC(=O)CSCc2c(C)noc2C)(C(=O)O)C1(C)C. The summed E-state index contributed by atoms with van der Waals surface area (Å²) in [5.41, 5.74) is -0.164. The van der Waals surface area contributed by atoms with Gasteiger partial charge in [-0.1, -0.05) is 19.0 Å². The van der Waals surface area contributed by atoms with E-state index >= 15 is 0 Å². The molecule has 1 aromatic heterocycles. The van der Waals surface area contributed by atoms with Gasteiger partial charge in [-0.15, -0.1) is 11.8 Å². The summed E-state index contributed by atoms with van der Waals surface area (Å²) in [6.45, 7) is 9.73. The number of hydrogen-bond donors (Lipinski definition) is 2. The van der Waals surface area contributed by atoms with Crippen molar-refractivity contribution in [1.29, 1.82) is 0 Å². The lowest BCUT2D eigenvalue weighted by Gasteiger charge is -2.58. The van der Waals surface area contributed by atoms with E-state index in [0.29, 0.717) is 12.4 Å².